The zero-order valence-corrected chi connectivity index (χ0v) is 15.1. The van der Waals surface area contributed by atoms with Gasteiger partial charge in [-0.05, 0) is 30.7 Å². The lowest BCUT2D eigenvalue weighted by Gasteiger charge is -2.17. The Kier molecular flexibility index (Phi) is 5.35. The zero-order valence-electron chi connectivity index (χ0n) is 15.1. The van der Waals surface area contributed by atoms with E-state index in [0.29, 0.717) is 29.1 Å². The summed E-state index contributed by atoms with van der Waals surface area (Å²) in [6.45, 7) is 6.35. The highest BCUT2D eigenvalue weighted by Gasteiger charge is 2.31. The van der Waals surface area contributed by atoms with Crippen LogP contribution in [0.2, 0.25) is 0 Å². The lowest BCUT2D eigenvalue weighted by Crippen LogP contribution is -2.32. The van der Waals surface area contributed by atoms with E-state index in [9.17, 15) is 14.4 Å². The molecule has 0 saturated heterocycles. The summed E-state index contributed by atoms with van der Waals surface area (Å²) in [5.74, 6) is -0.784. The van der Waals surface area contributed by atoms with Crippen LogP contribution in [0.5, 0.6) is 0 Å². The summed E-state index contributed by atoms with van der Waals surface area (Å²) in [5, 5.41) is 5.53. The summed E-state index contributed by atoms with van der Waals surface area (Å²) >= 11 is 0. The second-order valence-corrected chi connectivity index (χ2v) is 6.27. The molecule has 0 bridgehead atoms. The fourth-order valence-corrected chi connectivity index (χ4v) is 2.92. The van der Waals surface area contributed by atoms with E-state index in [-0.39, 0.29) is 24.3 Å². The number of carbonyl (C=O) groups excluding carboxylic acids is 3. The van der Waals surface area contributed by atoms with Crippen LogP contribution in [0.4, 0.5) is 5.69 Å². The van der Waals surface area contributed by atoms with Gasteiger partial charge in [0.25, 0.3) is 11.8 Å². The summed E-state index contributed by atoms with van der Waals surface area (Å²) in [5.41, 5.74) is 2.77. The first-order chi connectivity index (χ1) is 13.0. The first-order valence-electron chi connectivity index (χ1n) is 8.79. The number of fused-ring (bicyclic) bond motifs is 1. The molecule has 6 heteroatoms. The lowest BCUT2D eigenvalue weighted by atomic mass is 10.1. The van der Waals surface area contributed by atoms with Gasteiger partial charge in [0, 0.05) is 34.6 Å². The van der Waals surface area contributed by atoms with Gasteiger partial charge >= 0.3 is 0 Å². The monoisotopic (exact) mass is 363 g/mol. The van der Waals surface area contributed by atoms with E-state index in [1.54, 1.807) is 36.4 Å². The van der Waals surface area contributed by atoms with Gasteiger partial charge in [-0.2, -0.15) is 0 Å². The smallest absolute Gasteiger partial charge is 0.259 e. The zero-order chi connectivity index (χ0) is 19.4. The van der Waals surface area contributed by atoms with Crippen LogP contribution in [-0.2, 0) is 4.79 Å². The Balaban J connectivity index is 1.66. The van der Waals surface area contributed by atoms with Gasteiger partial charge in [-0.3, -0.25) is 19.3 Å². The molecule has 2 aromatic carbocycles. The summed E-state index contributed by atoms with van der Waals surface area (Å²) < 4.78 is 0. The third-order valence-electron chi connectivity index (χ3n) is 4.29. The third kappa shape index (κ3) is 3.89. The molecule has 0 spiro atoms. The Morgan fingerprint density at radius 2 is 1.81 bits per heavy atom. The number of anilines is 1. The minimum absolute atomic E-state index is 0.140. The van der Waals surface area contributed by atoms with Crippen LogP contribution in [0.3, 0.4) is 0 Å². The standard InChI is InChI=1S/C21H21N3O3/c1-3-11-22-20(26)15-7-6-8-16(12-15)23-19(25)13-24-14(2)17-9-4-5-10-18(17)21(24)27/h4-10,12H,2-3,11,13H2,1H3,(H,22,26)(H,23,25). The molecule has 2 N–H and O–H groups in total. The van der Waals surface area contributed by atoms with Crippen molar-refractivity contribution < 1.29 is 14.4 Å². The molecule has 138 valence electrons. The SMILES string of the molecule is C=C1c2ccccc2C(=O)N1CC(=O)Nc1cccc(C(=O)NCCC)c1. The van der Waals surface area contributed by atoms with Crippen LogP contribution in [0, 0.1) is 0 Å². The van der Waals surface area contributed by atoms with E-state index in [4.69, 9.17) is 0 Å². The predicted molar refractivity (Wildman–Crippen MR) is 104 cm³/mol. The van der Waals surface area contributed by atoms with Crippen molar-refractivity contribution in [3.05, 3.63) is 71.8 Å². The number of hydrogen-bond acceptors (Lipinski definition) is 3. The lowest BCUT2D eigenvalue weighted by molar-refractivity contribution is -0.116. The number of carbonyl (C=O) groups is 3. The Labute approximate surface area is 157 Å². The Bertz CT molecular complexity index is 885. The van der Waals surface area contributed by atoms with E-state index in [1.807, 2.05) is 19.1 Å². The van der Waals surface area contributed by atoms with E-state index >= 15 is 0 Å². The van der Waals surface area contributed by atoms with E-state index in [0.717, 1.165) is 12.0 Å². The number of benzene rings is 2. The van der Waals surface area contributed by atoms with E-state index < -0.39 is 0 Å². The van der Waals surface area contributed by atoms with Crippen LogP contribution in [-0.4, -0.2) is 35.7 Å². The molecule has 1 aliphatic rings. The first-order valence-corrected chi connectivity index (χ1v) is 8.79. The molecule has 6 nitrogen and oxygen atoms in total. The second kappa shape index (κ2) is 7.86. The quantitative estimate of drug-likeness (QED) is 0.828. The molecule has 1 heterocycles. The van der Waals surface area contributed by atoms with Gasteiger partial charge in [-0.1, -0.05) is 37.8 Å². The molecule has 0 aromatic heterocycles. The summed E-state index contributed by atoms with van der Waals surface area (Å²) in [4.78, 5) is 38.3. The maximum absolute atomic E-state index is 12.5. The molecule has 27 heavy (non-hydrogen) atoms. The van der Waals surface area contributed by atoms with Crippen LogP contribution < -0.4 is 10.6 Å². The highest BCUT2D eigenvalue weighted by Crippen LogP contribution is 2.30. The minimum atomic E-state index is -0.358. The fourth-order valence-electron chi connectivity index (χ4n) is 2.92. The molecule has 0 radical (unpaired) electrons. The van der Waals surface area contributed by atoms with Crippen molar-refractivity contribution in [3.63, 3.8) is 0 Å². The molecule has 0 aliphatic carbocycles. The predicted octanol–water partition coefficient (Wildman–Crippen LogP) is 2.89. The van der Waals surface area contributed by atoms with Crippen molar-refractivity contribution in [2.75, 3.05) is 18.4 Å². The summed E-state index contributed by atoms with van der Waals surface area (Å²) in [6.07, 6.45) is 0.846. The van der Waals surface area contributed by atoms with Crippen molar-refractivity contribution in [3.8, 4) is 0 Å². The topological polar surface area (TPSA) is 78.5 Å². The normalized spacial score (nSPS) is 12.7. The van der Waals surface area contributed by atoms with Crippen molar-refractivity contribution in [1.82, 2.24) is 10.2 Å². The van der Waals surface area contributed by atoms with Gasteiger partial charge < -0.3 is 10.6 Å². The average molecular weight is 363 g/mol. The van der Waals surface area contributed by atoms with Crippen molar-refractivity contribution in [2.24, 2.45) is 0 Å². The van der Waals surface area contributed by atoms with Gasteiger partial charge in [0.1, 0.15) is 6.54 Å². The largest absolute Gasteiger partial charge is 0.352 e. The van der Waals surface area contributed by atoms with Crippen LogP contribution in [0.25, 0.3) is 5.70 Å². The average Bonchev–Trinajstić information content (AvgIpc) is 2.91. The van der Waals surface area contributed by atoms with Gasteiger partial charge in [0.15, 0.2) is 0 Å². The van der Waals surface area contributed by atoms with Gasteiger partial charge in [-0.15, -0.1) is 0 Å². The summed E-state index contributed by atoms with van der Waals surface area (Å²) in [6, 6.07) is 13.8. The van der Waals surface area contributed by atoms with Crippen LogP contribution in [0.15, 0.2) is 55.1 Å². The van der Waals surface area contributed by atoms with Crippen molar-refractivity contribution >= 4 is 29.1 Å². The molecule has 2 aromatic rings. The van der Waals surface area contributed by atoms with E-state index in [2.05, 4.69) is 17.2 Å². The second-order valence-electron chi connectivity index (χ2n) is 6.27. The fraction of sp³-hybridized carbons (Fsp3) is 0.190. The number of amides is 3. The molecule has 0 fully saturated rings. The minimum Gasteiger partial charge on any atom is -0.352 e. The summed E-state index contributed by atoms with van der Waals surface area (Å²) in [7, 11) is 0. The highest BCUT2D eigenvalue weighted by molar-refractivity contribution is 6.11. The van der Waals surface area contributed by atoms with Gasteiger partial charge in [-0.25, -0.2) is 0 Å². The molecular weight excluding hydrogens is 342 g/mol. The first kappa shape index (κ1) is 18.4. The van der Waals surface area contributed by atoms with Gasteiger partial charge in [0.05, 0.1) is 0 Å². The number of nitrogens with one attached hydrogen (secondary N) is 2. The molecule has 0 saturated carbocycles. The van der Waals surface area contributed by atoms with Crippen LogP contribution >= 0.6 is 0 Å². The third-order valence-corrected chi connectivity index (χ3v) is 4.29. The maximum atomic E-state index is 12.5. The number of rotatable bonds is 6. The molecule has 0 unspecified atom stereocenters. The Morgan fingerprint density at radius 1 is 1.07 bits per heavy atom. The molecule has 3 rings (SSSR count). The van der Waals surface area contributed by atoms with Crippen molar-refractivity contribution in [2.45, 2.75) is 13.3 Å². The number of hydrogen-bond donors (Lipinski definition) is 2. The van der Waals surface area contributed by atoms with Gasteiger partial charge in [0.2, 0.25) is 5.91 Å². The molecule has 3 amide bonds. The number of nitrogens with zero attached hydrogens (tertiary/aromatic N) is 1. The maximum Gasteiger partial charge on any atom is 0.259 e. The molecule has 0 atom stereocenters. The Morgan fingerprint density at radius 3 is 2.52 bits per heavy atom. The van der Waals surface area contributed by atoms with E-state index in [1.165, 1.54) is 4.90 Å². The van der Waals surface area contributed by atoms with Crippen molar-refractivity contribution in [1.29, 1.82) is 0 Å². The van der Waals surface area contributed by atoms with Crippen LogP contribution in [0.1, 0.15) is 39.6 Å². The highest BCUT2D eigenvalue weighted by atomic mass is 16.2. The molecule has 1 aliphatic heterocycles. The molecular formula is C21H21N3O3. The Hall–Kier alpha value is -3.41.